The van der Waals surface area contributed by atoms with Gasteiger partial charge in [0.15, 0.2) is 0 Å². The summed E-state index contributed by atoms with van der Waals surface area (Å²) in [5.74, 6) is 2.19. The molecule has 1 fully saturated rings. The van der Waals surface area contributed by atoms with E-state index in [9.17, 15) is 0 Å². The molecule has 0 spiro atoms. The summed E-state index contributed by atoms with van der Waals surface area (Å²) in [4.78, 5) is 0. The smallest absolute Gasteiger partial charge is 0.0208 e. The molecule has 10 heavy (non-hydrogen) atoms. The second kappa shape index (κ2) is 2.23. The van der Waals surface area contributed by atoms with Gasteiger partial charge >= 0.3 is 0 Å². The van der Waals surface area contributed by atoms with E-state index in [1.54, 1.807) is 0 Å². The average Bonchev–Trinajstić information content (AvgIpc) is 1.87. The van der Waals surface area contributed by atoms with Gasteiger partial charge in [0.05, 0.1) is 0 Å². The van der Waals surface area contributed by atoms with Crippen LogP contribution in [0.1, 0.15) is 34.1 Å². The summed E-state index contributed by atoms with van der Waals surface area (Å²) in [5, 5.41) is 0. The molecule has 0 aromatic heterocycles. The van der Waals surface area contributed by atoms with Gasteiger partial charge in [0, 0.05) is 5.54 Å². The minimum Gasteiger partial charge on any atom is -0.325 e. The molecule has 0 heterocycles. The van der Waals surface area contributed by atoms with Crippen LogP contribution in [-0.2, 0) is 0 Å². The summed E-state index contributed by atoms with van der Waals surface area (Å²) in [6.45, 7) is 9.01. The summed E-state index contributed by atoms with van der Waals surface area (Å²) >= 11 is 0. The van der Waals surface area contributed by atoms with Crippen LogP contribution in [0.2, 0.25) is 0 Å². The Balaban J connectivity index is 2.58. The van der Waals surface area contributed by atoms with E-state index >= 15 is 0 Å². The van der Waals surface area contributed by atoms with E-state index in [0.29, 0.717) is 11.8 Å². The van der Waals surface area contributed by atoms with Crippen LogP contribution in [0, 0.1) is 17.8 Å². The third-order valence-corrected chi connectivity index (χ3v) is 3.45. The lowest BCUT2D eigenvalue weighted by molar-refractivity contribution is 0.0247. The van der Waals surface area contributed by atoms with Crippen molar-refractivity contribution in [3.8, 4) is 0 Å². The van der Waals surface area contributed by atoms with Gasteiger partial charge in [-0.25, -0.2) is 0 Å². The molecular formula is C9H19N. The first-order chi connectivity index (χ1) is 4.48. The Morgan fingerprint density at radius 2 is 1.90 bits per heavy atom. The van der Waals surface area contributed by atoms with Gasteiger partial charge < -0.3 is 5.73 Å². The van der Waals surface area contributed by atoms with Crippen LogP contribution in [0.25, 0.3) is 0 Å². The Labute approximate surface area is 64.0 Å². The molecule has 1 aliphatic rings. The van der Waals surface area contributed by atoms with Crippen molar-refractivity contribution in [3.63, 3.8) is 0 Å². The van der Waals surface area contributed by atoms with Gasteiger partial charge in [-0.3, -0.25) is 0 Å². The molecule has 3 atom stereocenters. The minimum atomic E-state index is 0.152. The van der Waals surface area contributed by atoms with Crippen LogP contribution < -0.4 is 5.73 Å². The van der Waals surface area contributed by atoms with Crippen LogP contribution >= 0.6 is 0 Å². The van der Waals surface area contributed by atoms with Gasteiger partial charge in [0.25, 0.3) is 0 Å². The van der Waals surface area contributed by atoms with Crippen molar-refractivity contribution in [2.24, 2.45) is 23.5 Å². The molecule has 2 N–H and O–H groups in total. The van der Waals surface area contributed by atoms with Crippen molar-refractivity contribution >= 4 is 0 Å². The molecule has 0 radical (unpaired) electrons. The topological polar surface area (TPSA) is 26.0 Å². The number of nitrogens with two attached hydrogens (primary N) is 1. The average molecular weight is 141 g/mol. The number of rotatable bonds is 1. The van der Waals surface area contributed by atoms with E-state index in [0.717, 1.165) is 5.92 Å². The fraction of sp³-hybridized carbons (Fsp3) is 1.00. The fourth-order valence-corrected chi connectivity index (χ4v) is 2.05. The lowest BCUT2D eigenvalue weighted by Gasteiger charge is -2.53. The molecule has 1 rings (SSSR count). The summed E-state index contributed by atoms with van der Waals surface area (Å²) in [5.41, 5.74) is 6.33. The molecule has 1 nitrogen and oxygen atoms in total. The summed E-state index contributed by atoms with van der Waals surface area (Å²) < 4.78 is 0. The van der Waals surface area contributed by atoms with E-state index in [4.69, 9.17) is 5.73 Å². The van der Waals surface area contributed by atoms with Crippen molar-refractivity contribution in [2.75, 3.05) is 0 Å². The second-order valence-electron chi connectivity index (χ2n) is 4.24. The van der Waals surface area contributed by atoms with Crippen molar-refractivity contribution in [1.82, 2.24) is 0 Å². The number of hydrogen-bond donors (Lipinski definition) is 1. The molecule has 0 aromatic rings. The molecule has 3 unspecified atom stereocenters. The van der Waals surface area contributed by atoms with Crippen molar-refractivity contribution in [2.45, 2.75) is 39.7 Å². The highest BCUT2D eigenvalue weighted by atomic mass is 14.8. The van der Waals surface area contributed by atoms with Gasteiger partial charge in [0.1, 0.15) is 0 Å². The molecule has 1 heteroatoms. The third-order valence-electron chi connectivity index (χ3n) is 3.45. The maximum absolute atomic E-state index is 6.18. The quantitative estimate of drug-likeness (QED) is 0.594. The van der Waals surface area contributed by atoms with E-state index in [-0.39, 0.29) is 5.54 Å². The maximum Gasteiger partial charge on any atom is 0.0208 e. The molecule has 60 valence electrons. The van der Waals surface area contributed by atoms with Crippen LogP contribution in [-0.4, -0.2) is 5.54 Å². The Kier molecular flexibility index (Phi) is 1.80. The zero-order chi connectivity index (χ0) is 7.94. The molecule has 0 aromatic carbocycles. The lowest BCUT2D eigenvalue weighted by atomic mass is 9.57. The molecule has 0 amide bonds. The zero-order valence-corrected chi connectivity index (χ0v) is 7.52. The second-order valence-corrected chi connectivity index (χ2v) is 4.24. The largest absolute Gasteiger partial charge is 0.325 e. The molecule has 0 aliphatic heterocycles. The zero-order valence-electron chi connectivity index (χ0n) is 7.52. The molecular weight excluding hydrogens is 122 g/mol. The first-order valence-electron chi connectivity index (χ1n) is 4.27. The predicted molar refractivity (Wildman–Crippen MR) is 44.7 cm³/mol. The van der Waals surface area contributed by atoms with Gasteiger partial charge in [-0.15, -0.1) is 0 Å². The third kappa shape index (κ3) is 0.878. The van der Waals surface area contributed by atoms with Gasteiger partial charge in [-0.2, -0.15) is 0 Å². The Morgan fingerprint density at radius 3 is 2.00 bits per heavy atom. The molecule has 0 bridgehead atoms. The SMILES string of the molecule is CC1CC(N)(C(C)C)C1C. The minimum absolute atomic E-state index is 0.152. The molecule has 1 aliphatic carbocycles. The van der Waals surface area contributed by atoms with E-state index in [1.807, 2.05) is 0 Å². The Bertz CT molecular complexity index is 131. The normalized spacial score (nSPS) is 47.4. The van der Waals surface area contributed by atoms with Gasteiger partial charge in [-0.05, 0) is 24.2 Å². The first-order valence-corrected chi connectivity index (χ1v) is 4.27. The lowest BCUT2D eigenvalue weighted by Crippen LogP contribution is -2.61. The van der Waals surface area contributed by atoms with Crippen LogP contribution in [0.15, 0.2) is 0 Å². The highest BCUT2D eigenvalue weighted by Gasteiger charge is 2.47. The molecule has 1 saturated carbocycles. The summed E-state index contributed by atoms with van der Waals surface area (Å²) in [6, 6.07) is 0. The summed E-state index contributed by atoms with van der Waals surface area (Å²) in [7, 11) is 0. The van der Waals surface area contributed by atoms with E-state index in [1.165, 1.54) is 6.42 Å². The highest BCUT2D eigenvalue weighted by Crippen LogP contribution is 2.45. The van der Waals surface area contributed by atoms with E-state index < -0.39 is 0 Å². The number of hydrogen-bond acceptors (Lipinski definition) is 1. The summed E-state index contributed by atoms with van der Waals surface area (Å²) in [6.07, 6.45) is 1.21. The highest BCUT2D eigenvalue weighted by molar-refractivity contribution is 5.03. The van der Waals surface area contributed by atoms with E-state index in [2.05, 4.69) is 27.7 Å². The van der Waals surface area contributed by atoms with Gasteiger partial charge in [-0.1, -0.05) is 27.7 Å². The standard InChI is InChI=1S/C9H19N/c1-6(2)9(10)5-7(3)8(9)4/h6-8H,5,10H2,1-4H3. The van der Waals surface area contributed by atoms with Crippen LogP contribution in [0.3, 0.4) is 0 Å². The predicted octanol–water partition coefficient (Wildman–Crippen LogP) is 2.02. The van der Waals surface area contributed by atoms with Gasteiger partial charge in [0.2, 0.25) is 0 Å². The maximum atomic E-state index is 6.18. The fourth-order valence-electron chi connectivity index (χ4n) is 2.05. The Hall–Kier alpha value is -0.0400. The van der Waals surface area contributed by atoms with Crippen LogP contribution in [0.4, 0.5) is 0 Å². The molecule has 0 saturated heterocycles. The first kappa shape index (κ1) is 8.06. The van der Waals surface area contributed by atoms with Crippen molar-refractivity contribution < 1.29 is 0 Å². The monoisotopic (exact) mass is 141 g/mol. The van der Waals surface area contributed by atoms with Crippen molar-refractivity contribution in [3.05, 3.63) is 0 Å². The Morgan fingerprint density at radius 1 is 1.40 bits per heavy atom. The van der Waals surface area contributed by atoms with Crippen molar-refractivity contribution in [1.29, 1.82) is 0 Å². The van der Waals surface area contributed by atoms with Crippen LogP contribution in [0.5, 0.6) is 0 Å².